The summed E-state index contributed by atoms with van der Waals surface area (Å²) in [6, 6.07) is 4.22. The average molecular weight is 299 g/mol. The number of aryl methyl sites for hydroxylation is 2. The predicted octanol–water partition coefficient (Wildman–Crippen LogP) is 1.46. The minimum atomic E-state index is -3.13. The first-order chi connectivity index (χ1) is 9.23. The van der Waals surface area contributed by atoms with Gasteiger partial charge in [-0.05, 0) is 52.4 Å². The summed E-state index contributed by atoms with van der Waals surface area (Å²) in [5, 5.41) is 0. The molecular weight excluding hydrogens is 274 g/mol. The summed E-state index contributed by atoms with van der Waals surface area (Å²) < 4.78 is 25.5. The van der Waals surface area contributed by atoms with Crippen molar-refractivity contribution in [3.8, 4) is 0 Å². The van der Waals surface area contributed by atoms with Gasteiger partial charge in [-0.15, -0.1) is 0 Å². The highest BCUT2D eigenvalue weighted by Gasteiger charge is 2.14. The van der Waals surface area contributed by atoms with E-state index in [1.165, 1.54) is 5.56 Å². The molecule has 5 nitrogen and oxygen atoms in total. The van der Waals surface area contributed by atoms with E-state index in [4.69, 9.17) is 0 Å². The maximum atomic E-state index is 11.4. The topological polar surface area (TPSA) is 62.3 Å². The number of sulfonamides is 1. The Labute approximate surface area is 122 Å². The fraction of sp³-hybridized carbons (Fsp3) is 0.643. The van der Waals surface area contributed by atoms with Gasteiger partial charge in [0.15, 0.2) is 0 Å². The number of rotatable bonds is 7. The maximum absolute atomic E-state index is 11.4. The summed E-state index contributed by atoms with van der Waals surface area (Å²) in [4.78, 5) is 6.60. The minimum Gasteiger partial charge on any atom is -0.297 e. The molecule has 0 bridgehead atoms. The third-order valence-electron chi connectivity index (χ3n) is 3.29. The molecule has 20 heavy (non-hydrogen) atoms. The minimum absolute atomic E-state index is 0.110. The van der Waals surface area contributed by atoms with Crippen LogP contribution >= 0.6 is 0 Å². The molecule has 0 aliphatic carbocycles. The van der Waals surface area contributed by atoms with Crippen LogP contribution in [0.4, 0.5) is 0 Å². The van der Waals surface area contributed by atoms with Gasteiger partial charge in [0, 0.05) is 24.8 Å². The van der Waals surface area contributed by atoms with Crippen molar-refractivity contribution in [1.29, 1.82) is 0 Å². The second kappa shape index (κ2) is 7.15. The number of nitrogens with zero attached hydrogens (tertiary/aromatic N) is 2. The molecule has 6 heteroatoms. The molecule has 1 aromatic heterocycles. The summed E-state index contributed by atoms with van der Waals surface area (Å²) in [5.74, 6) is 0.113. The fourth-order valence-electron chi connectivity index (χ4n) is 1.92. The molecule has 1 atom stereocenters. The summed E-state index contributed by atoms with van der Waals surface area (Å²) >= 11 is 0. The van der Waals surface area contributed by atoms with E-state index in [1.807, 2.05) is 27.0 Å². The molecule has 1 rings (SSSR count). The first kappa shape index (κ1) is 17.1. The Morgan fingerprint density at radius 3 is 2.55 bits per heavy atom. The van der Waals surface area contributed by atoms with E-state index < -0.39 is 10.0 Å². The van der Waals surface area contributed by atoms with Gasteiger partial charge in [0.1, 0.15) is 0 Å². The van der Waals surface area contributed by atoms with Crippen LogP contribution in [0.5, 0.6) is 0 Å². The smallest absolute Gasteiger partial charge is 0.211 e. The van der Waals surface area contributed by atoms with Gasteiger partial charge in [0.05, 0.1) is 11.4 Å². The molecular formula is C14H25N3O2S. The quantitative estimate of drug-likeness (QED) is 0.828. The van der Waals surface area contributed by atoms with Crippen molar-refractivity contribution in [3.05, 3.63) is 29.1 Å². The Bertz CT molecular complexity index is 523. The van der Waals surface area contributed by atoms with Crippen molar-refractivity contribution in [2.75, 3.05) is 19.3 Å². The van der Waals surface area contributed by atoms with Crippen LogP contribution in [-0.4, -0.2) is 43.7 Å². The van der Waals surface area contributed by atoms with Crippen molar-refractivity contribution < 1.29 is 8.42 Å². The number of hydrogen-bond donors (Lipinski definition) is 1. The third kappa shape index (κ3) is 5.56. The molecule has 1 N–H and O–H groups in total. The fourth-order valence-corrected chi connectivity index (χ4v) is 2.62. The van der Waals surface area contributed by atoms with Crippen molar-refractivity contribution >= 4 is 10.0 Å². The van der Waals surface area contributed by atoms with Gasteiger partial charge in [-0.3, -0.25) is 9.88 Å². The number of likely N-dealkylation sites (N-methyl/N-ethyl adjacent to an activating group) is 1. The van der Waals surface area contributed by atoms with Crippen molar-refractivity contribution in [2.24, 2.45) is 0 Å². The number of nitrogens with one attached hydrogen (secondary N) is 1. The van der Waals surface area contributed by atoms with Gasteiger partial charge >= 0.3 is 0 Å². The second-order valence-corrected chi connectivity index (χ2v) is 7.39. The normalized spacial score (nSPS) is 13.7. The molecule has 0 aromatic carbocycles. The maximum Gasteiger partial charge on any atom is 0.211 e. The molecule has 0 unspecified atom stereocenters. The first-order valence-electron chi connectivity index (χ1n) is 6.85. The SMILES string of the molecule is CCS(=O)(=O)NC[C@@H](C)N(C)Cc1cc(C)cc(C)n1. The molecule has 0 aliphatic rings. The van der Waals surface area contributed by atoms with Crippen LogP contribution in [-0.2, 0) is 16.6 Å². The predicted molar refractivity (Wildman–Crippen MR) is 82.1 cm³/mol. The molecule has 114 valence electrons. The van der Waals surface area contributed by atoms with E-state index >= 15 is 0 Å². The molecule has 0 radical (unpaired) electrons. The standard InChI is InChI=1S/C14H25N3O2S/c1-6-20(18,19)15-9-13(4)17(5)10-14-8-11(2)7-12(3)16-14/h7-8,13,15H,6,9-10H2,1-5H3/t13-/m1/s1. The summed E-state index contributed by atoms with van der Waals surface area (Å²) in [7, 11) is -1.15. The van der Waals surface area contributed by atoms with Gasteiger partial charge in [0.2, 0.25) is 10.0 Å². The Balaban J connectivity index is 2.59. The number of aromatic nitrogens is 1. The molecule has 1 aromatic rings. The zero-order chi connectivity index (χ0) is 15.3. The van der Waals surface area contributed by atoms with E-state index in [0.717, 1.165) is 11.4 Å². The lowest BCUT2D eigenvalue weighted by atomic mass is 10.2. The highest BCUT2D eigenvalue weighted by Crippen LogP contribution is 2.08. The molecule has 1 heterocycles. The summed E-state index contributed by atoms with van der Waals surface area (Å²) in [5.41, 5.74) is 3.21. The van der Waals surface area contributed by atoms with E-state index in [1.54, 1.807) is 6.92 Å². The average Bonchev–Trinajstić information content (AvgIpc) is 2.34. The Kier molecular flexibility index (Phi) is 6.10. The van der Waals surface area contributed by atoms with Crippen LogP contribution in [0.15, 0.2) is 12.1 Å². The number of hydrogen-bond acceptors (Lipinski definition) is 4. The van der Waals surface area contributed by atoms with Gasteiger partial charge < -0.3 is 0 Å². The van der Waals surface area contributed by atoms with E-state index in [2.05, 4.69) is 27.6 Å². The monoisotopic (exact) mass is 299 g/mol. The number of pyridine rings is 1. The Hall–Kier alpha value is -0.980. The lowest BCUT2D eigenvalue weighted by Gasteiger charge is -2.24. The van der Waals surface area contributed by atoms with Crippen LogP contribution in [0, 0.1) is 13.8 Å². The van der Waals surface area contributed by atoms with E-state index in [-0.39, 0.29) is 11.8 Å². The zero-order valence-corrected chi connectivity index (χ0v) is 13.8. The van der Waals surface area contributed by atoms with Crippen LogP contribution in [0.3, 0.4) is 0 Å². The highest BCUT2D eigenvalue weighted by atomic mass is 32.2. The lowest BCUT2D eigenvalue weighted by molar-refractivity contribution is 0.247. The van der Waals surface area contributed by atoms with Crippen LogP contribution in [0.1, 0.15) is 30.8 Å². The highest BCUT2D eigenvalue weighted by molar-refractivity contribution is 7.89. The van der Waals surface area contributed by atoms with Crippen LogP contribution in [0.2, 0.25) is 0 Å². The van der Waals surface area contributed by atoms with Gasteiger partial charge in [-0.2, -0.15) is 0 Å². The molecule has 0 aliphatic heterocycles. The molecule has 0 amide bonds. The lowest BCUT2D eigenvalue weighted by Crippen LogP contribution is -2.40. The Morgan fingerprint density at radius 2 is 2.00 bits per heavy atom. The van der Waals surface area contributed by atoms with Crippen molar-refractivity contribution in [3.63, 3.8) is 0 Å². The summed E-state index contributed by atoms with van der Waals surface area (Å²) in [6.07, 6.45) is 0. The Morgan fingerprint density at radius 1 is 1.35 bits per heavy atom. The van der Waals surface area contributed by atoms with Gasteiger partial charge in [-0.1, -0.05) is 0 Å². The third-order valence-corrected chi connectivity index (χ3v) is 4.66. The van der Waals surface area contributed by atoms with Crippen molar-refractivity contribution in [1.82, 2.24) is 14.6 Å². The van der Waals surface area contributed by atoms with E-state index in [9.17, 15) is 8.42 Å². The van der Waals surface area contributed by atoms with Gasteiger partial charge in [-0.25, -0.2) is 13.1 Å². The zero-order valence-electron chi connectivity index (χ0n) is 13.0. The summed E-state index contributed by atoms with van der Waals surface area (Å²) in [6.45, 7) is 8.79. The van der Waals surface area contributed by atoms with Crippen molar-refractivity contribution in [2.45, 2.75) is 40.3 Å². The largest absolute Gasteiger partial charge is 0.297 e. The molecule has 0 saturated carbocycles. The molecule has 0 saturated heterocycles. The van der Waals surface area contributed by atoms with Gasteiger partial charge in [0.25, 0.3) is 0 Å². The van der Waals surface area contributed by atoms with E-state index in [0.29, 0.717) is 13.1 Å². The van der Waals surface area contributed by atoms with Crippen LogP contribution < -0.4 is 4.72 Å². The first-order valence-corrected chi connectivity index (χ1v) is 8.50. The molecule has 0 fully saturated rings. The molecule has 0 spiro atoms. The van der Waals surface area contributed by atoms with Crippen LogP contribution in [0.25, 0.3) is 0 Å². The second-order valence-electron chi connectivity index (χ2n) is 5.29.